The third-order valence-corrected chi connectivity index (χ3v) is 3.54. The molecular formula is C20H16O4. The minimum Gasteiger partial charge on any atom is -0.458 e. The van der Waals surface area contributed by atoms with Gasteiger partial charge in [-0.1, -0.05) is 48.5 Å². The first-order valence-electron chi connectivity index (χ1n) is 7.62. The van der Waals surface area contributed by atoms with E-state index in [0.29, 0.717) is 11.1 Å². The quantitative estimate of drug-likeness (QED) is 0.529. The van der Waals surface area contributed by atoms with E-state index in [1.807, 2.05) is 36.4 Å². The summed E-state index contributed by atoms with van der Waals surface area (Å²) in [6, 6.07) is 21.8. The summed E-state index contributed by atoms with van der Waals surface area (Å²) in [5.41, 5.74) is 0.946. The van der Waals surface area contributed by atoms with E-state index < -0.39 is 11.9 Å². The zero-order valence-electron chi connectivity index (χ0n) is 13.0. The van der Waals surface area contributed by atoms with Crippen molar-refractivity contribution in [2.75, 3.05) is 13.2 Å². The van der Waals surface area contributed by atoms with Gasteiger partial charge in [-0.2, -0.15) is 0 Å². The molecule has 4 heteroatoms. The molecule has 0 saturated heterocycles. The molecule has 120 valence electrons. The third kappa shape index (κ3) is 3.79. The lowest BCUT2D eigenvalue weighted by Gasteiger charge is -2.07. The van der Waals surface area contributed by atoms with Gasteiger partial charge in [0.15, 0.2) is 0 Å². The summed E-state index contributed by atoms with van der Waals surface area (Å²) in [7, 11) is 0. The fourth-order valence-electron chi connectivity index (χ4n) is 2.33. The molecule has 0 atom stereocenters. The van der Waals surface area contributed by atoms with E-state index in [-0.39, 0.29) is 13.2 Å². The molecule has 0 aromatic heterocycles. The maximum Gasteiger partial charge on any atom is 0.338 e. The van der Waals surface area contributed by atoms with E-state index in [9.17, 15) is 9.59 Å². The lowest BCUT2D eigenvalue weighted by Crippen LogP contribution is -2.14. The minimum absolute atomic E-state index is 0.0181. The second-order valence-electron chi connectivity index (χ2n) is 5.20. The Morgan fingerprint density at radius 3 is 1.92 bits per heavy atom. The molecule has 4 nitrogen and oxygen atoms in total. The molecule has 0 unspecified atom stereocenters. The summed E-state index contributed by atoms with van der Waals surface area (Å²) < 4.78 is 10.2. The summed E-state index contributed by atoms with van der Waals surface area (Å²) in [6.45, 7) is 0.0390. The number of carbonyl (C=O) groups excluding carboxylic acids is 2. The summed E-state index contributed by atoms with van der Waals surface area (Å²) in [5, 5.41) is 2.04. The van der Waals surface area contributed by atoms with Crippen LogP contribution in [-0.2, 0) is 9.47 Å². The fraction of sp³-hybridized carbons (Fsp3) is 0.100. The Hall–Kier alpha value is -3.14. The number of esters is 2. The summed E-state index contributed by atoms with van der Waals surface area (Å²) in [4.78, 5) is 23.8. The molecule has 0 bridgehead atoms. The molecule has 0 aliphatic carbocycles. The van der Waals surface area contributed by atoms with Gasteiger partial charge in [0, 0.05) is 0 Å². The van der Waals surface area contributed by atoms with Gasteiger partial charge in [-0.25, -0.2) is 9.59 Å². The van der Waals surface area contributed by atoms with Crippen LogP contribution in [0.2, 0.25) is 0 Å². The smallest absolute Gasteiger partial charge is 0.338 e. The van der Waals surface area contributed by atoms with Crippen LogP contribution in [0.3, 0.4) is 0 Å². The highest BCUT2D eigenvalue weighted by Gasteiger charge is 2.09. The predicted molar refractivity (Wildman–Crippen MR) is 91.0 cm³/mol. The number of ether oxygens (including phenoxy) is 2. The van der Waals surface area contributed by atoms with E-state index in [4.69, 9.17) is 9.47 Å². The molecule has 0 radical (unpaired) electrons. The van der Waals surface area contributed by atoms with E-state index in [1.165, 1.54) is 0 Å². The Kier molecular flexibility index (Phi) is 4.87. The Labute approximate surface area is 139 Å². The molecule has 0 heterocycles. The molecule has 0 aliphatic rings. The summed E-state index contributed by atoms with van der Waals surface area (Å²) >= 11 is 0. The van der Waals surface area contributed by atoms with Gasteiger partial charge in [-0.3, -0.25) is 0 Å². The van der Waals surface area contributed by atoms with Crippen LogP contribution >= 0.6 is 0 Å². The molecule has 3 aromatic rings. The van der Waals surface area contributed by atoms with Gasteiger partial charge in [-0.05, 0) is 35.0 Å². The zero-order valence-corrected chi connectivity index (χ0v) is 13.0. The molecule has 0 spiro atoms. The lowest BCUT2D eigenvalue weighted by molar-refractivity contribution is 0.0266. The Morgan fingerprint density at radius 2 is 1.21 bits per heavy atom. The van der Waals surface area contributed by atoms with Crippen LogP contribution in [0, 0.1) is 0 Å². The number of carbonyl (C=O) groups is 2. The number of benzene rings is 3. The van der Waals surface area contributed by atoms with Gasteiger partial charge >= 0.3 is 11.9 Å². The molecule has 0 aliphatic heterocycles. The SMILES string of the molecule is O=C(OCCOC(=O)c1ccc2ccccc2c1)c1ccccc1. The van der Waals surface area contributed by atoms with Crippen LogP contribution in [0.5, 0.6) is 0 Å². The van der Waals surface area contributed by atoms with E-state index in [0.717, 1.165) is 10.8 Å². The average Bonchev–Trinajstić information content (AvgIpc) is 2.65. The first-order valence-corrected chi connectivity index (χ1v) is 7.62. The third-order valence-electron chi connectivity index (χ3n) is 3.54. The van der Waals surface area contributed by atoms with Crippen LogP contribution < -0.4 is 0 Å². The van der Waals surface area contributed by atoms with Crippen LogP contribution in [0.15, 0.2) is 72.8 Å². The lowest BCUT2D eigenvalue weighted by atomic mass is 10.1. The number of rotatable bonds is 5. The second-order valence-corrected chi connectivity index (χ2v) is 5.20. The van der Waals surface area contributed by atoms with Crippen molar-refractivity contribution >= 4 is 22.7 Å². The molecule has 0 fully saturated rings. The van der Waals surface area contributed by atoms with E-state index in [2.05, 4.69) is 0 Å². The second kappa shape index (κ2) is 7.42. The van der Waals surface area contributed by atoms with Gasteiger partial charge in [0.1, 0.15) is 13.2 Å². The van der Waals surface area contributed by atoms with Gasteiger partial charge in [0.05, 0.1) is 11.1 Å². The average molecular weight is 320 g/mol. The van der Waals surface area contributed by atoms with Crippen molar-refractivity contribution in [2.24, 2.45) is 0 Å². The Morgan fingerprint density at radius 1 is 0.625 bits per heavy atom. The Balaban J connectivity index is 1.51. The van der Waals surface area contributed by atoms with Crippen LogP contribution in [0.4, 0.5) is 0 Å². The van der Waals surface area contributed by atoms with Crippen molar-refractivity contribution in [1.29, 1.82) is 0 Å². The van der Waals surface area contributed by atoms with Gasteiger partial charge in [0.25, 0.3) is 0 Å². The predicted octanol–water partition coefficient (Wildman–Crippen LogP) is 3.85. The topological polar surface area (TPSA) is 52.6 Å². The van der Waals surface area contributed by atoms with Crippen molar-refractivity contribution in [1.82, 2.24) is 0 Å². The molecule has 0 saturated carbocycles. The van der Waals surface area contributed by atoms with Crippen LogP contribution in [0.25, 0.3) is 10.8 Å². The normalized spacial score (nSPS) is 10.3. The summed E-state index contributed by atoms with van der Waals surface area (Å²) in [6.07, 6.45) is 0. The van der Waals surface area contributed by atoms with Gasteiger partial charge in [0.2, 0.25) is 0 Å². The number of hydrogen-bond donors (Lipinski definition) is 0. The standard InChI is InChI=1S/C20H16O4/c21-19(16-7-2-1-3-8-16)23-12-13-24-20(22)18-11-10-15-6-4-5-9-17(15)14-18/h1-11,14H,12-13H2. The number of fused-ring (bicyclic) bond motifs is 1. The van der Waals surface area contributed by atoms with Gasteiger partial charge < -0.3 is 9.47 Å². The highest BCUT2D eigenvalue weighted by Crippen LogP contribution is 2.16. The fourth-order valence-corrected chi connectivity index (χ4v) is 2.33. The molecule has 0 amide bonds. The van der Waals surface area contributed by atoms with Crippen molar-refractivity contribution in [2.45, 2.75) is 0 Å². The van der Waals surface area contributed by atoms with Crippen molar-refractivity contribution in [3.63, 3.8) is 0 Å². The zero-order chi connectivity index (χ0) is 16.8. The maximum absolute atomic E-state index is 12.0. The molecule has 3 rings (SSSR count). The first kappa shape index (κ1) is 15.7. The minimum atomic E-state index is -0.434. The summed E-state index contributed by atoms with van der Waals surface area (Å²) in [5.74, 6) is -0.867. The largest absolute Gasteiger partial charge is 0.458 e. The highest BCUT2D eigenvalue weighted by atomic mass is 16.6. The first-order chi connectivity index (χ1) is 11.7. The van der Waals surface area contributed by atoms with E-state index >= 15 is 0 Å². The maximum atomic E-state index is 12.0. The highest BCUT2D eigenvalue weighted by molar-refractivity contribution is 5.95. The van der Waals surface area contributed by atoms with Crippen molar-refractivity contribution in [3.8, 4) is 0 Å². The number of hydrogen-bond acceptors (Lipinski definition) is 4. The van der Waals surface area contributed by atoms with Gasteiger partial charge in [-0.15, -0.1) is 0 Å². The van der Waals surface area contributed by atoms with Crippen LogP contribution in [-0.4, -0.2) is 25.2 Å². The van der Waals surface area contributed by atoms with Crippen LogP contribution in [0.1, 0.15) is 20.7 Å². The van der Waals surface area contributed by atoms with Crippen molar-refractivity contribution in [3.05, 3.63) is 83.9 Å². The molecule has 24 heavy (non-hydrogen) atoms. The van der Waals surface area contributed by atoms with E-state index in [1.54, 1.807) is 36.4 Å². The monoisotopic (exact) mass is 320 g/mol. The van der Waals surface area contributed by atoms with Crippen molar-refractivity contribution < 1.29 is 19.1 Å². The Bertz CT molecular complexity index is 856. The molecule has 3 aromatic carbocycles. The molecular weight excluding hydrogens is 304 g/mol. The molecule has 0 N–H and O–H groups in total.